The second-order valence-corrected chi connectivity index (χ2v) is 3.63. The van der Waals surface area contributed by atoms with Crippen LogP contribution in [0.15, 0.2) is 12.4 Å². The maximum absolute atomic E-state index is 10.8. The molecule has 1 saturated carbocycles. The molecule has 0 radical (unpaired) electrons. The number of aromatic carboxylic acids is 1. The zero-order valence-electron chi connectivity index (χ0n) is 8.63. The van der Waals surface area contributed by atoms with E-state index in [2.05, 4.69) is 15.9 Å². The first-order chi connectivity index (χ1) is 7.72. The number of carbonyl (C=O) groups is 1. The van der Waals surface area contributed by atoms with E-state index in [1.165, 1.54) is 6.20 Å². The Morgan fingerprint density at radius 3 is 2.94 bits per heavy atom. The molecule has 16 heavy (non-hydrogen) atoms. The molecule has 5 heteroatoms. The first kappa shape index (κ1) is 10.4. The molecular formula is C11H11N3O2. The normalized spacial score (nSPS) is 14.2. The minimum atomic E-state index is -1.08. The maximum atomic E-state index is 10.8. The SMILES string of the molecule is C#CCN(c1cncc(C(=O)O)n1)C1CC1. The van der Waals surface area contributed by atoms with Crippen molar-refractivity contribution in [3.05, 3.63) is 18.1 Å². The molecular weight excluding hydrogens is 206 g/mol. The summed E-state index contributed by atoms with van der Waals surface area (Å²) in [5, 5.41) is 8.81. The van der Waals surface area contributed by atoms with E-state index in [-0.39, 0.29) is 5.69 Å². The van der Waals surface area contributed by atoms with Crippen molar-refractivity contribution < 1.29 is 9.90 Å². The molecule has 1 aromatic rings. The third-order valence-corrected chi connectivity index (χ3v) is 2.38. The topological polar surface area (TPSA) is 66.3 Å². The van der Waals surface area contributed by atoms with Crippen LogP contribution in [0.3, 0.4) is 0 Å². The van der Waals surface area contributed by atoms with Crippen LogP contribution >= 0.6 is 0 Å². The van der Waals surface area contributed by atoms with Gasteiger partial charge in [0, 0.05) is 6.04 Å². The van der Waals surface area contributed by atoms with Crippen LogP contribution in [0.1, 0.15) is 23.3 Å². The van der Waals surface area contributed by atoms with Gasteiger partial charge in [0.2, 0.25) is 0 Å². The summed E-state index contributed by atoms with van der Waals surface area (Å²) >= 11 is 0. The van der Waals surface area contributed by atoms with Gasteiger partial charge in [-0.05, 0) is 12.8 Å². The molecule has 0 bridgehead atoms. The van der Waals surface area contributed by atoms with Crippen molar-refractivity contribution in [3.63, 3.8) is 0 Å². The highest BCUT2D eigenvalue weighted by atomic mass is 16.4. The number of aromatic nitrogens is 2. The van der Waals surface area contributed by atoms with Crippen LogP contribution in [0.5, 0.6) is 0 Å². The van der Waals surface area contributed by atoms with Gasteiger partial charge in [-0.2, -0.15) is 0 Å². The van der Waals surface area contributed by atoms with Crippen LogP contribution in [0.25, 0.3) is 0 Å². The fourth-order valence-corrected chi connectivity index (χ4v) is 1.48. The fraction of sp³-hybridized carbons (Fsp3) is 0.364. The molecule has 1 N–H and O–H groups in total. The molecule has 0 saturated heterocycles. The highest BCUT2D eigenvalue weighted by Crippen LogP contribution is 2.29. The van der Waals surface area contributed by atoms with E-state index in [9.17, 15) is 4.79 Å². The molecule has 5 nitrogen and oxygen atoms in total. The van der Waals surface area contributed by atoms with E-state index in [0.717, 1.165) is 12.8 Å². The van der Waals surface area contributed by atoms with Crippen molar-refractivity contribution in [1.29, 1.82) is 0 Å². The molecule has 1 aromatic heterocycles. The summed E-state index contributed by atoms with van der Waals surface area (Å²) < 4.78 is 0. The lowest BCUT2D eigenvalue weighted by molar-refractivity contribution is 0.0690. The third kappa shape index (κ3) is 2.11. The summed E-state index contributed by atoms with van der Waals surface area (Å²) in [5.41, 5.74) is -0.0554. The van der Waals surface area contributed by atoms with Crippen molar-refractivity contribution in [2.75, 3.05) is 11.4 Å². The molecule has 1 heterocycles. The van der Waals surface area contributed by atoms with Gasteiger partial charge in [0.05, 0.1) is 18.9 Å². The van der Waals surface area contributed by atoms with E-state index in [1.807, 2.05) is 4.90 Å². The lowest BCUT2D eigenvalue weighted by Crippen LogP contribution is -2.27. The van der Waals surface area contributed by atoms with Gasteiger partial charge in [-0.25, -0.2) is 9.78 Å². The first-order valence-electron chi connectivity index (χ1n) is 4.98. The maximum Gasteiger partial charge on any atom is 0.356 e. The van der Waals surface area contributed by atoms with Crippen molar-refractivity contribution in [2.24, 2.45) is 0 Å². The summed E-state index contributed by atoms with van der Waals surface area (Å²) in [6.07, 6.45) is 10.2. The number of nitrogens with zero attached hydrogens (tertiary/aromatic N) is 3. The Kier molecular flexibility index (Phi) is 2.73. The molecule has 0 atom stereocenters. The molecule has 1 aliphatic carbocycles. The predicted molar refractivity (Wildman–Crippen MR) is 58.2 cm³/mol. The molecule has 1 fully saturated rings. The van der Waals surface area contributed by atoms with Crippen LogP contribution in [-0.2, 0) is 0 Å². The number of carboxylic acids is 1. The van der Waals surface area contributed by atoms with Crippen molar-refractivity contribution in [1.82, 2.24) is 9.97 Å². The van der Waals surface area contributed by atoms with Crippen LogP contribution in [0.4, 0.5) is 5.82 Å². The van der Waals surface area contributed by atoms with Gasteiger partial charge in [0.15, 0.2) is 5.69 Å². The standard InChI is InChI=1S/C11H11N3O2/c1-2-5-14(8-3-4-8)10-7-12-6-9(13-10)11(15)16/h1,6-8H,3-5H2,(H,15,16). The Morgan fingerprint density at radius 1 is 1.62 bits per heavy atom. The predicted octanol–water partition coefficient (Wildman–Crippen LogP) is 0.777. The lowest BCUT2D eigenvalue weighted by atomic mass is 10.4. The monoisotopic (exact) mass is 217 g/mol. The fourth-order valence-electron chi connectivity index (χ4n) is 1.48. The van der Waals surface area contributed by atoms with E-state index in [0.29, 0.717) is 18.4 Å². The quantitative estimate of drug-likeness (QED) is 0.755. The minimum absolute atomic E-state index is 0.0554. The van der Waals surface area contributed by atoms with Gasteiger partial charge in [-0.1, -0.05) is 5.92 Å². The Labute approximate surface area is 93.1 Å². The Morgan fingerprint density at radius 2 is 2.38 bits per heavy atom. The van der Waals surface area contributed by atoms with Crippen LogP contribution in [0.2, 0.25) is 0 Å². The number of terminal acetylenes is 1. The smallest absolute Gasteiger partial charge is 0.356 e. The molecule has 82 valence electrons. The number of hydrogen-bond donors (Lipinski definition) is 1. The zero-order chi connectivity index (χ0) is 11.5. The highest BCUT2D eigenvalue weighted by molar-refractivity contribution is 5.85. The summed E-state index contributed by atoms with van der Waals surface area (Å²) in [4.78, 5) is 20.6. The second kappa shape index (κ2) is 4.19. The molecule has 1 aliphatic rings. The van der Waals surface area contributed by atoms with Crippen LogP contribution < -0.4 is 4.90 Å². The minimum Gasteiger partial charge on any atom is -0.476 e. The lowest BCUT2D eigenvalue weighted by Gasteiger charge is -2.20. The summed E-state index contributed by atoms with van der Waals surface area (Å²) in [5.74, 6) is 2.01. The highest BCUT2D eigenvalue weighted by Gasteiger charge is 2.29. The van der Waals surface area contributed by atoms with Crippen LogP contribution in [-0.4, -0.2) is 33.6 Å². The second-order valence-electron chi connectivity index (χ2n) is 3.63. The van der Waals surface area contributed by atoms with Crippen LogP contribution in [0, 0.1) is 12.3 Å². The van der Waals surface area contributed by atoms with Crippen molar-refractivity contribution in [2.45, 2.75) is 18.9 Å². The number of anilines is 1. The molecule has 2 rings (SSSR count). The van der Waals surface area contributed by atoms with E-state index >= 15 is 0 Å². The van der Waals surface area contributed by atoms with E-state index < -0.39 is 5.97 Å². The van der Waals surface area contributed by atoms with Gasteiger partial charge in [0.25, 0.3) is 0 Å². The Hall–Kier alpha value is -2.09. The summed E-state index contributed by atoms with van der Waals surface area (Å²) in [6.45, 7) is 0.433. The van der Waals surface area contributed by atoms with Gasteiger partial charge >= 0.3 is 5.97 Å². The van der Waals surface area contributed by atoms with Gasteiger partial charge in [0.1, 0.15) is 5.82 Å². The molecule has 0 aliphatic heterocycles. The number of carboxylic acid groups (broad SMARTS) is 1. The van der Waals surface area contributed by atoms with Crippen molar-refractivity contribution in [3.8, 4) is 12.3 Å². The van der Waals surface area contributed by atoms with E-state index in [4.69, 9.17) is 11.5 Å². The summed E-state index contributed by atoms with van der Waals surface area (Å²) in [7, 11) is 0. The third-order valence-electron chi connectivity index (χ3n) is 2.38. The Balaban J connectivity index is 2.27. The van der Waals surface area contributed by atoms with E-state index in [1.54, 1.807) is 6.20 Å². The van der Waals surface area contributed by atoms with Gasteiger partial charge in [-0.3, -0.25) is 4.98 Å². The molecule has 0 unspecified atom stereocenters. The molecule has 0 spiro atoms. The average molecular weight is 217 g/mol. The number of rotatable bonds is 4. The Bertz CT molecular complexity index is 449. The molecule has 0 amide bonds. The first-order valence-corrected chi connectivity index (χ1v) is 4.98. The van der Waals surface area contributed by atoms with Gasteiger partial charge < -0.3 is 10.0 Å². The largest absolute Gasteiger partial charge is 0.476 e. The van der Waals surface area contributed by atoms with Gasteiger partial charge in [-0.15, -0.1) is 6.42 Å². The average Bonchev–Trinajstić information content (AvgIpc) is 3.10. The molecule has 0 aromatic carbocycles. The zero-order valence-corrected chi connectivity index (χ0v) is 8.63. The van der Waals surface area contributed by atoms with Crippen molar-refractivity contribution >= 4 is 11.8 Å². The summed E-state index contributed by atoms with van der Waals surface area (Å²) in [6, 6.07) is 0.384. The number of hydrogen-bond acceptors (Lipinski definition) is 4.